The Morgan fingerprint density at radius 1 is 0.971 bits per heavy atom. The van der Waals surface area contributed by atoms with Crippen molar-refractivity contribution in [3.63, 3.8) is 0 Å². The van der Waals surface area contributed by atoms with Crippen LogP contribution in [0.3, 0.4) is 0 Å². The Bertz CT molecular complexity index is 1450. The van der Waals surface area contributed by atoms with Crippen molar-refractivity contribution in [2.75, 3.05) is 13.7 Å². The van der Waals surface area contributed by atoms with Crippen molar-refractivity contribution in [2.45, 2.75) is 26.9 Å². The zero-order valence-electron chi connectivity index (χ0n) is 19.4. The maximum absolute atomic E-state index is 13.3. The molecule has 0 saturated carbocycles. The minimum atomic E-state index is -0.191. The Morgan fingerprint density at radius 3 is 2.53 bits per heavy atom. The lowest BCUT2D eigenvalue weighted by molar-refractivity contribution is 0.0687. The smallest absolute Gasteiger partial charge is 0.275 e. The van der Waals surface area contributed by atoms with Crippen LogP contribution >= 0.6 is 0 Å². The number of carbonyl (C=O) groups excluding carboxylic acids is 1. The Balaban J connectivity index is 1.45. The quantitative estimate of drug-likeness (QED) is 0.461. The number of benzene rings is 1. The van der Waals surface area contributed by atoms with Crippen LogP contribution < -0.4 is 10.3 Å². The summed E-state index contributed by atoms with van der Waals surface area (Å²) in [4.78, 5) is 36.9. The fourth-order valence-electron chi connectivity index (χ4n) is 4.42. The van der Waals surface area contributed by atoms with Gasteiger partial charge < -0.3 is 18.8 Å². The van der Waals surface area contributed by atoms with Crippen molar-refractivity contribution in [2.24, 2.45) is 0 Å². The van der Waals surface area contributed by atoms with Gasteiger partial charge >= 0.3 is 0 Å². The Morgan fingerprint density at radius 2 is 1.79 bits per heavy atom. The fourth-order valence-corrected chi connectivity index (χ4v) is 4.42. The summed E-state index contributed by atoms with van der Waals surface area (Å²) in [5, 5.41) is 0. The first kappa shape index (κ1) is 21.6. The van der Waals surface area contributed by atoms with Gasteiger partial charge in [-0.1, -0.05) is 24.3 Å². The number of rotatable bonds is 5. The molecule has 0 N–H and O–H groups in total. The third-order valence-corrected chi connectivity index (χ3v) is 6.18. The van der Waals surface area contributed by atoms with Gasteiger partial charge in [-0.2, -0.15) is 0 Å². The van der Waals surface area contributed by atoms with Crippen LogP contribution in [-0.2, 0) is 13.1 Å². The molecule has 0 aliphatic carbocycles. The highest BCUT2D eigenvalue weighted by Crippen LogP contribution is 2.29. The van der Waals surface area contributed by atoms with Crippen LogP contribution in [0, 0.1) is 13.8 Å². The number of pyridine rings is 2. The number of carbonyl (C=O) groups is 1. The van der Waals surface area contributed by atoms with Gasteiger partial charge in [-0.3, -0.25) is 9.59 Å². The maximum atomic E-state index is 13.3. The number of imidazole rings is 1. The number of fused-ring (bicyclic) bond motifs is 1. The lowest BCUT2D eigenvalue weighted by Crippen LogP contribution is -2.44. The van der Waals surface area contributed by atoms with Crippen LogP contribution in [0.5, 0.6) is 5.88 Å². The van der Waals surface area contributed by atoms with Crippen molar-refractivity contribution in [3.8, 4) is 22.7 Å². The van der Waals surface area contributed by atoms with Gasteiger partial charge in [0.05, 0.1) is 19.1 Å². The van der Waals surface area contributed by atoms with Gasteiger partial charge in [0, 0.05) is 43.2 Å². The second-order valence-corrected chi connectivity index (χ2v) is 8.35. The molecule has 1 aromatic carbocycles. The highest BCUT2D eigenvalue weighted by molar-refractivity contribution is 5.93. The summed E-state index contributed by atoms with van der Waals surface area (Å²) in [7, 11) is 1.60. The van der Waals surface area contributed by atoms with E-state index in [1.807, 2.05) is 50.2 Å². The third-order valence-electron chi connectivity index (χ3n) is 6.18. The second kappa shape index (κ2) is 8.62. The second-order valence-electron chi connectivity index (χ2n) is 8.35. The summed E-state index contributed by atoms with van der Waals surface area (Å²) in [6, 6.07) is 15.3. The van der Waals surface area contributed by atoms with Gasteiger partial charge in [0.15, 0.2) is 0 Å². The summed E-state index contributed by atoms with van der Waals surface area (Å²) >= 11 is 0. The molecule has 0 saturated heterocycles. The zero-order valence-corrected chi connectivity index (χ0v) is 19.4. The average Bonchev–Trinajstić information content (AvgIpc) is 3.27. The zero-order chi connectivity index (χ0) is 23.8. The van der Waals surface area contributed by atoms with Crippen molar-refractivity contribution < 1.29 is 9.53 Å². The Hall–Kier alpha value is -4.20. The van der Waals surface area contributed by atoms with Gasteiger partial charge in [0.1, 0.15) is 11.4 Å². The van der Waals surface area contributed by atoms with Gasteiger partial charge in [0.25, 0.3) is 11.5 Å². The molecule has 3 aromatic heterocycles. The number of amides is 1. The van der Waals surface area contributed by atoms with Crippen molar-refractivity contribution in [1.82, 2.24) is 24.0 Å². The van der Waals surface area contributed by atoms with E-state index < -0.39 is 0 Å². The number of aryl methyl sites for hydroxylation is 2. The molecule has 1 aliphatic rings. The predicted molar refractivity (Wildman–Crippen MR) is 128 cm³/mol. The fraction of sp³-hybridized carbons (Fsp3) is 0.231. The minimum Gasteiger partial charge on any atom is -0.481 e. The summed E-state index contributed by atoms with van der Waals surface area (Å²) < 4.78 is 8.50. The Kier molecular flexibility index (Phi) is 5.49. The van der Waals surface area contributed by atoms with Crippen LogP contribution in [0.4, 0.5) is 0 Å². The van der Waals surface area contributed by atoms with E-state index in [1.54, 1.807) is 45.8 Å². The molecule has 0 fully saturated rings. The number of ether oxygens (including phenoxy) is 1. The molecule has 1 amide bonds. The average molecular weight is 456 g/mol. The van der Waals surface area contributed by atoms with Crippen LogP contribution in [0.15, 0.2) is 65.8 Å². The van der Waals surface area contributed by atoms with E-state index in [0.717, 1.165) is 28.1 Å². The summed E-state index contributed by atoms with van der Waals surface area (Å²) in [6.07, 6.45) is 3.41. The topological polar surface area (TPSA) is 82.2 Å². The molecule has 0 unspecified atom stereocenters. The molecule has 1 aliphatic heterocycles. The van der Waals surface area contributed by atoms with E-state index in [2.05, 4.69) is 9.97 Å². The molecule has 5 rings (SSSR count). The SMILES string of the molecule is COc1ccc(-c2ccccc2CN2CCn3c(ccc(-n4cnc(C)c4)c3=O)C2=O)c(C)n1. The van der Waals surface area contributed by atoms with Gasteiger partial charge in [-0.15, -0.1) is 0 Å². The van der Waals surface area contributed by atoms with Crippen LogP contribution in [0.2, 0.25) is 0 Å². The third kappa shape index (κ3) is 3.77. The molecule has 8 nitrogen and oxygen atoms in total. The van der Waals surface area contributed by atoms with E-state index in [-0.39, 0.29) is 11.5 Å². The molecule has 4 aromatic rings. The molecule has 0 atom stereocenters. The number of hydrogen-bond acceptors (Lipinski definition) is 5. The first-order valence-corrected chi connectivity index (χ1v) is 11.1. The first-order valence-electron chi connectivity index (χ1n) is 11.1. The number of hydrogen-bond donors (Lipinski definition) is 0. The van der Waals surface area contributed by atoms with Crippen molar-refractivity contribution in [1.29, 1.82) is 0 Å². The lowest BCUT2D eigenvalue weighted by Gasteiger charge is -2.30. The van der Waals surface area contributed by atoms with E-state index in [0.29, 0.717) is 36.9 Å². The molecule has 0 radical (unpaired) electrons. The van der Waals surface area contributed by atoms with E-state index in [1.165, 1.54) is 0 Å². The van der Waals surface area contributed by atoms with Gasteiger partial charge in [-0.05, 0) is 43.2 Å². The molecule has 4 heterocycles. The number of aromatic nitrogens is 4. The van der Waals surface area contributed by atoms with E-state index in [9.17, 15) is 9.59 Å². The normalized spacial score (nSPS) is 13.1. The molecule has 172 valence electrons. The molecule has 0 bridgehead atoms. The van der Waals surface area contributed by atoms with E-state index in [4.69, 9.17) is 4.74 Å². The van der Waals surface area contributed by atoms with Crippen LogP contribution in [0.1, 0.15) is 27.4 Å². The monoisotopic (exact) mass is 455 g/mol. The van der Waals surface area contributed by atoms with Gasteiger partial charge in [0.2, 0.25) is 5.88 Å². The predicted octanol–water partition coefficient (Wildman–Crippen LogP) is 3.38. The molecule has 8 heteroatoms. The van der Waals surface area contributed by atoms with E-state index >= 15 is 0 Å². The largest absolute Gasteiger partial charge is 0.481 e. The van der Waals surface area contributed by atoms with Gasteiger partial charge in [-0.25, -0.2) is 9.97 Å². The van der Waals surface area contributed by atoms with Crippen molar-refractivity contribution >= 4 is 5.91 Å². The standard InChI is InChI=1S/C26H25N5O3/c1-17-14-30(16-27-17)22-9-10-23-25(32)29(12-13-31(23)26(22)33)15-19-6-4-5-7-21(19)20-8-11-24(34-3)28-18(20)2/h4-11,14,16H,12-13,15H2,1-3H3. The first-order chi connectivity index (χ1) is 16.5. The number of nitrogens with zero attached hydrogens (tertiary/aromatic N) is 5. The molecule has 0 spiro atoms. The minimum absolute atomic E-state index is 0.156. The Labute approximate surface area is 197 Å². The summed E-state index contributed by atoms with van der Waals surface area (Å²) in [5.41, 5.74) is 5.42. The molecule has 34 heavy (non-hydrogen) atoms. The number of methoxy groups -OCH3 is 1. The maximum Gasteiger partial charge on any atom is 0.275 e. The summed E-state index contributed by atoms with van der Waals surface area (Å²) in [6.45, 7) is 5.15. The van der Waals surface area contributed by atoms with Crippen LogP contribution in [0.25, 0.3) is 16.8 Å². The molecular formula is C26H25N5O3. The molecular weight excluding hydrogens is 430 g/mol. The van der Waals surface area contributed by atoms with Crippen LogP contribution in [-0.4, -0.2) is 43.6 Å². The summed E-state index contributed by atoms with van der Waals surface area (Å²) in [5.74, 6) is 0.410. The van der Waals surface area contributed by atoms with Crippen molar-refractivity contribution in [3.05, 3.63) is 94.1 Å². The highest BCUT2D eigenvalue weighted by Gasteiger charge is 2.27. The highest BCUT2D eigenvalue weighted by atomic mass is 16.5. The lowest BCUT2D eigenvalue weighted by atomic mass is 9.98.